The summed E-state index contributed by atoms with van der Waals surface area (Å²) in [5.41, 5.74) is 1.44. The Bertz CT molecular complexity index is 829. The first-order valence-electron chi connectivity index (χ1n) is 7.87. The summed E-state index contributed by atoms with van der Waals surface area (Å²) in [4.78, 5) is 29.1. The number of nitrogens with zero attached hydrogens (tertiary/aromatic N) is 1. The summed E-state index contributed by atoms with van der Waals surface area (Å²) >= 11 is 1.31. The zero-order chi connectivity index (χ0) is 18.0. The van der Waals surface area contributed by atoms with E-state index in [2.05, 4.69) is 10.3 Å². The van der Waals surface area contributed by atoms with Crippen LogP contribution >= 0.6 is 11.3 Å². The monoisotopic (exact) mass is 360 g/mol. The number of amides is 1. The molecule has 25 heavy (non-hydrogen) atoms. The van der Waals surface area contributed by atoms with Crippen LogP contribution in [-0.2, 0) is 9.59 Å². The van der Waals surface area contributed by atoms with E-state index in [0.717, 1.165) is 10.4 Å². The van der Waals surface area contributed by atoms with Gasteiger partial charge in [0, 0.05) is 10.4 Å². The molecule has 2 N–H and O–H groups in total. The number of hydrogen-bond donors (Lipinski definition) is 2. The van der Waals surface area contributed by atoms with E-state index in [1.807, 2.05) is 13.0 Å². The van der Waals surface area contributed by atoms with Crippen molar-refractivity contribution in [2.24, 2.45) is 11.8 Å². The van der Waals surface area contributed by atoms with Crippen molar-refractivity contribution in [3.05, 3.63) is 47.1 Å². The first kappa shape index (κ1) is 17.3. The summed E-state index contributed by atoms with van der Waals surface area (Å²) in [5, 5.41) is 12.4. The lowest BCUT2D eigenvalue weighted by Gasteiger charge is -2.23. The zero-order valence-corrected chi connectivity index (χ0v) is 14.3. The number of rotatable bonds is 4. The van der Waals surface area contributed by atoms with Crippen LogP contribution in [0.3, 0.4) is 0 Å². The van der Waals surface area contributed by atoms with E-state index in [1.165, 1.54) is 23.5 Å². The lowest BCUT2D eigenvalue weighted by atomic mass is 9.82. The Balaban J connectivity index is 1.78. The molecule has 1 aliphatic rings. The molecule has 3 rings (SSSR count). The number of nitrogens with one attached hydrogen (secondary N) is 1. The average molecular weight is 360 g/mol. The predicted molar refractivity (Wildman–Crippen MR) is 93.9 cm³/mol. The Morgan fingerprint density at radius 2 is 1.84 bits per heavy atom. The third kappa shape index (κ3) is 3.76. The number of aryl methyl sites for hydroxylation is 1. The number of aliphatic carboxylic acids is 1. The highest BCUT2D eigenvalue weighted by Crippen LogP contribution is 2.32. The van der Waals surface area contributed by atoms with Gasteiger partial charge in [-0.3, -0.25) is 9.59 Å². The van der Waals surface area contributed by atoms with Gasteiger partial charge in [0.25, 0.3) is 0 Å². The number of carboxylic acids is 1. The molecule has 0 saturated carbocycles. The van der Waals surface area contributed by atoms with Gasteiger partial charge < -0.3 is 10.4 Å². The van der Waals surface area contributed by atoms with Gasteiger partial charge in [-0.25, -0.2) is 9.37 Å². The Kier molecular flexibility index (Phi) is 4.94. The molecular formula is C18H17FN2O3S. The molecule has 0 saturated heterocycles. The van der Waals surface area contributed by atoms with Gasteiger partial charge in [-0.15, -0.1) is 11.3 Å². The molecule has 1 aliphatic carbocycles. The number of aromatic nitrogens is 1. The fourth-order valence-electron chi connectivity index (χ4n) is 2.90. The fourth-order valence-corrected chi connectivity index (χ4v) is 3.74. The molecular weight excluding hydrogens is 343 g/mol. The van der Waals surface area contributed by atoms with Crippen molar-refractivity contribution in [3.63, 3.8) is 0 Å². The van der Waals surface area contributed by atoms with Crippen LogP contribution in [0.5, 0.6) is 0 Å². The maximum absolute atomic E-state index is 13.1. The van der Waals surface area contributed by atoms with Crippen LogP contribution in [0.4, 0.5) is 9.52 Å². The molecule has 2 aromatic rings. The number of hydrogen-bond acceptors (Lipinski definition) is 4. The number of carbonyl (C=O) groups excluding carboxylic acids is 1. The van der Waals surface area contributed by atoms with Crippen molar-refractivity contribution >= 4 is 28.3 Å². The Labute approximate surface area is 148 Å². The van der Waals surface area contributed by atoms with Crippen molar-refractivity contribution in [2.45, 2.75) is 19.8 Å². The van der Waals surface area contributed by atoms with E-state index < -0.39 is 17.8 Å². The minimum Gasteiger partial charge on any atom is -0.481 e. The Morgan fingerprint density at radius 3 is 2.48 bits per heavy atom. The van der Waals surface area contributed by atoms with Crippen LogP contribution in [0, 0.1) is 24.6 Å². The summed E-state index contributed by atoms with van der Waals surface area (Å²) in [6, 6.07) is 5.99. The molecule has 0 spiro atoms. The van der Waals surface area contributed by atoms with E-state index in [4.69, 9.17) is 0 Å². The van der Waals surface area contributed by atoms with Gasteiger partial charge in [0.05, 0.1) is 17.5 Å². The number of carbonyl (C=O) groups is 2. The molecule has 0 fully saturated rings. The standard InChI is InChI=1S/C18H17FN2O3S/c1-10-15(11-6-8-12(19)9-7-11)20-18(25-10)21-16(22)13-4-2-3-5-14(13)17(23)24/h2-3,6-9,13-14H,4-5H2,1H3,(H,23,24)(H,20,21,22)/t13-,14-/m1/s1. The van der Waals surface area contributed by atoms with E-state index in [-0.39, 0.29) is 11.7 Å². The van der Waals surface area contributed by atoms with Crippen molar-refractivity contribution < 1.29 is 19.1 Å². The van der Waals surface area contributed by atoms with Crippen LogP contribution in [0.15, 0.2) is 36.4 Å². The highest BCUT2D eigenvalue weighted by Gasteiger charge is 2.34. The molecule has 0 bridgehead atoms. The maximum atomic E-state index is 13.1. The van der Waals surface area contributed by atoms with Crippen LogP contribution in [-0.4, -0.2) is 22.0 Å². The smallest absolute Gasteiger partial charge is 0.307 e. The van der Waals surface area contributed by atoms with E-state index in [1.54, 1.807) is 18.2 Å². The summed E-state index contributed by atoms with van der Waals surface area (Å²) in [6.45, 7) is 1.87. The molecule has 1 heterocycles. The van der Waals surface area contributed by atoms with Gasteiger partial charge in [0.15, 0.2) is 5.13 Å². The third-order valence-electron chi connectivity index (χ3n) is 4.23. The molecule has 1 aromatic carbocycles. The quantitative estimate of drug-likeness (QED) is 0.812. The molecule has 7 heteroatoms. The van der Waals surface area contributed by atoms with E-state index in [0.29, 0.717) is 23.7 Å². The molecule has 1 aromatic heterocycles. The van der Waals surface area contributed by atoms with Gasteiger partial charge in [-0.2, -0.15) is 0 Å². The van der Waals surface area contributed by atoms with Crippen LogP contribution in [0.25, 0.3) is 11.3 Å². The molecule has 0 radical (unpaired) electrons. The lowest BCUT2D eigenvalue weighted by molar-refractivity contribution is -0.146. The van der Waals surface area contributed by atoms with Crippen molar-refractivity contribution in [3.8, 4) is 11.3 Å². The van der Waals surface area contributed by atoms with Crippen LogP contribution in [0.1, 0.15) is 17.7 Å². The second kappa shape index (κ2) is 7.14. The Hall–Kier alpha value is -2.54. The van der Waals surface area contributed by atoms with Gasteiger partial charge in [-0.05, 0) is 44.0 Å². The van der Waals surface area contributed by atoms with Crippen LogP contribution < -0.4 is 5.32 Å². The minimum absolute atomic E-state index is 0.324. The fraction of sp³-hybridized carbons (Fsp3) is 0.278. The molecule has 5 nitrogen and oxygen atoms in total. The number of benzene rings is 1. The largest absolute Gasteiger partial charge is 0.481 e. The molecule has 1 amide bonds. The third-order valence-corrected chi connectivity index (χ3v) is 5.12. The first-order valence-corrected chi connectivity index (χ1v) is 8.69. The number of anilines is 1. The van der Waals surface area contributed by atoms with E-state index in [9.17, 15) is 19.1 Å². The highest BCUT2D eigenvalue weighted by molar-refractivity contribution is 7.16. The number of carboxylic acid groups (broad SMARTS) is 1. The SMILES string of the molecule is Cc1sc(NC(=O)[C@@H]2CC=CC[C@H]2C(=O)O)nc1-c1ccc(F)cc1. The topological polar surface area (TPSA) is 79.3 Å². The van der Waals surface area contributed by atoms with Crippen molar-refractivity contribution in [1.82, 2.24) is 4.98 Å². The molecule has 130 valence electrons. The minimum atomic E-state index is -0.966. The molecule has 0 aliphatic heterocycles. The summed E-state index contributed by atoms with van der Waals surface area (Å²) in [7, 11) is 0. The van der Waals surface area contributed by atoms with Crippen LogP contribution in [0.2, 0.25) is 0 Å². The van der Waals surface area contributed by atoms with Gasteiger partial charge in [-0.1, -0.05) is 12.2 Å². The molecule has 0 unspecified atom stereocenters. The highest BCUT2D eigenvalue weighted by atomic mass is 32.1. The number of halogens is 1. The normalized spacial score (nSPS) is 19.6. The van der Waals surface area contributed by atoms with Gasteiger partial charge in [0.2, 0.25) is 5.91 Å². The summed E-state index contributed by atoms with van der Waals surface area (Å²) in [6.07, 6.45) is 4.38. The van der Waals surface area contributed by atoms with E-state index >= 15 is 0 Å². The maximum Gasteiger partial charge on any atom is 0.307 e. The zero-order valence-electron chi connectivity index (χ0n) is 13.5. The summed E-state index contributed by atoms with van der Waals surface area (Å²) in [5.74, 6) is -2.96. The predicted octanol–water partition coefficient (Wildman–Crippen LogP) is 3.86. The van der Waals surface area contributed by atoms with Crippen molar-refractivity contribution in [1.29, 1.82) is 0 Å². The number of thiazole rings is 1. The lowest BCUT2D eigenvalue weighted by Crippen LogP contribution is -2.34. The van der Waals surface area contributed by atoms with Crippen molar-refractivity contribution in [2.75, 3.05) is 5.32 Å². The summed E-state index contributed by atoms with van der Waals surface area (Å²) < 4.78 is 13.1. The first-order chi connectivity index (χ1) is 12.0. The van der Waals surface area contributed by atoms with Gasteiger partial charge >= 0.3 is 5.97 Å². The molecule has 2 atom stereocenters. The Morgan fingerprint density at radius 1 is 1.20 bits per heavy atom. The second-order valence-electron chi connectivity index (χ2n) is 5.91. The number of allylic oxidation sites excluding steroid dienone is 2. The van der Waals surface area contributed by atoms with Gasteiger partial charge in [0.1, 0.15) is 5.82 Å². The second-order valence-corrected chi connectivity index (χ2v) is 7.12. The average Bonchev–Trinajstić information content (AvgIpc) is 2.95.